The van der Waals surface area contributed by atoms with Crippen LogP contribution in [0.5, 0.6) is 0 Å². The molecule has 96 valence electrons. The van der Waals surface area contributed by atoms with E-state index in [-0.39, 0.29) is 12.5 Å². The Labute approximate surface area is 97.9 Å². The first kappa shape index (κ1) is 15.4. The molecule has 0 fully saturated rings. The molecule has 0 aromatic rings. The molecule has 0 bridgehead atoms. The van der Waals surface area contributed by atoms with Gasteiger partial charge >= 0.3 is 5.97 Å². The van der Waals surface area contributed by atoms with Gasteiger partial charge < -0.3 is 14.6 Å². The first-order valence-electron chi connectivity index (χ1n) is 6.11. The monoisotopic (exact) mass is 232 g/mol. The summed E-state index contributed by atoms with van der Waals surface area (Å²) in [4.78, 5) is 10.6. The summed E-state index contributed by atoms with van der Waals surface area (Å²) in [6.45, 7) is 5.86. The second kappa shape index (κ2) is 10.9. The van der Waals surface area contributed by atoms with Gasteiger partial charge in [-0.05, 0) is 12.8 Å². The highest BCUT2D eigenvalue weighted by Gasteiger charge is 2.13. The van der Waals surface area contributed by atoms with E-state index in [2.05, 4.69) is 13.8 Å². The van der Waals surface area contributed by atoms with Gasteiger partial charge in [0.05, 0.1) is 19.1 Å². The van der Waals surface area contributed by atoms with Crippen molar-refractivity contribution in [3.05, 3.63) is 0 Å². The summed E-state index contributed by atoms with van der Waals surface area (Å²) in [5, 5.41) is 8.71. The van der Waals surface area contributed by atoms with Gasteiger partial charge in [0, 0.05) is 13.2 Å². The minimum Gasteiger partial charge on any atom is -0.481 e. The number of unbranched alkanes of at least 4 members (excludes halogenated alkanes) is 2. The molecule has 0 radical (unpaired) electrons. The second-order valence-electron chi connectivity index (χ2n) is 3.87. The lowest BCUT2D eigenvalue weighted by Crippen LogP contribution is -2.24. The molecule has 1 atom stereocenters. The van der Waals surface area contributed by atoms with Gasteiger partial charge in [-0.25, -0.2) is 0 Å². The Morgan fingerprint density at radius 2 is 1.81 bits per heavy atom. The number of hydrogen-bond acceptors (Lipinski definition) is 3. The molecule has 0 saturated carbocycles. The summed E-state index contributed by atoms with van der Waals surface area (Å²) in [5.41, 5.74) is 0. The highest BCUT2D eigenvalue weighted by atomic mass is 16.5. The summed E-state index contributed by atoms with van der Waals surface area (Å²) >= 11 is 0. The molecule has 16 heavy (non-hydrogen) atoms. The minimum absolute atomic E-state index is 0.0237. The highest BCUT2D eigenvalue weighted by molar-refractivity contribution is 5.67. The van der Waals surface area contributed by atoms with Gasteiger partial charge in [0.15, 0.2) is 0 Å². The van der Waals surface area contributed by atoms with E-state index in [1.807, 2.05) is 0 Å². The summed E-state index contributed by atoms with van der Waals surface area (Å²) in [7, 11) is 0. The molecule has 0 aliphatic rings. The first-order valence-corrected chi connectivity index (χ1v) is 6.11. The predicted molar refractivity (Wildman–Crippen MR) is 62.6 cm³/mol. The van der Waals surface area contributed by atoms with Crippen LogP contribution >= 0.6 is 0 Å². The van der Waals surface area contributed by atoms with E-state index >= 15 is 0 Å². The molecule has 1 N–H and O–H groups in total. The van der Waals surface area contributed by atoms with Crippen molar-refractivity contribution in [2.75, 3.05) is 19.8 Å². The Morgan fingerprint density at radius 1 is 1.19 bits per heavy atom. The predicted octanol–water partition coefficient (Wildman–Crippen LogP) is 2.46. The number of carbonyl (C=O) groups is 1. The average molecular weight is 232 g/mol. The molecule has 0 rings (SSSR count). The van der Waals surface area contributed by atoms with E-state index in [1.54, 1.807) is 0 Å². The van der Waals surface area contributed by atoms with Gasteiger partial charge in [-0.1, -0.05) is 26.7 Å². The van der Waals surface area contributed by atoms with Crippen LogP contribution in [0.1, 0.15) is 46.0 Å². The Bertz CT molecular complexity index is 170. The zero-order valence-electron chi connectivity index (χ0n) is 10.4. The van der Waals surface area contributed by atoms with Crippen LogP contribution in [0.15, 0.2) is 0 Å². The van der Waals surface area contributed by atoms with Crippen molar-refractivity contribution in [1.82, 2.24) is 0 Å². The van der Waals surface area contributed by atoms with Crippen LogP contribution in [0.25, 0.3) is 0 Å². The van der Waals surface area contributed by atoms with Gasteiger partial charge in [0.2, 0.25) is 0 Å². The largest absolute Gasteiger partial charge is 0.481 e. The van der Waals surface area contributed by atoms with E-state index in [9.17, 15) is 4.79 Å². The fourth-order valence-corrected chi connectivity index (χ4v) is 1.22. The molecular weight excluding hydrogens is 208 g/mol. The normalized spacial score (nSPS) is 12.6. The standard InChI is InChI=1S/C12H24O4/c1-3-5-7-15-10-11(9-12(13)14)16-8-6-4-2/h11H,3-10H2,1-2H3,(H,13,14). The topological polar surface area (TPSA) is 55.8 Å². The lowest BCUT2D eigenvalue weighted by Gasteiger charge is -2.16. The zero-order valence-corrected chi connectivity index (χ0v) is 10.4. The third-order valence-electron chi connectivity index (χ3n) is 2.20. The molecule has 0 aromatic carbocycles. The summed E-state index contributed by atoms with van der Waals surface area (Å²) < 4.78 is 10.8. The van der Waals surface area contributed by atoms with Crippen LogP contribution in [0.4, 0.5) is 0 Å². The third-order valence-corrected chi connectivity index (χ3v) is 2.20. The molecule has 0 aliphatic heterocycles. The summed E-state index contributed by atoms with van der Waals surface area (Å²) in [5.74, 6) is -0.833. The fraction of sp³-hybridized carbons (Fsp3) is 0.917. The van der Waals surface area contributed by atoms with Crippen LogP contribution in [-0.4, -0.2) is 37.0 Å². The van der Waals surface area contributed by atoms with Gasteiger partial charge in [-0.2, -0.15) is 0 Å². The van der Waals surface area contributed by atoms with Crippen LogP contribution in [-0.2, 0) is 14.3 Å². The summed E-state index contributed by atoms with van der Waals surface area (Å²) in [6, 6.07) is 0. The van der Waals surface area contributed by atoms with E-state index in [1.165, 1.54) is 0 Å². The number of rotatable bonds is 11. The Hall–Kier alpha value is -0.610. The van der Waals surface area contributed by atoms with Crippen molar-refractivity contribution in [1.29, 1.82) is 0 Å². The van der Waals surface area contributed by atoms with Crippen molar-refractivity contribution >= 4 is 5.97 Å². The lowest BCUT2D eigenvalue weighted by atomic mass is 10.2. The third kappa shape index (κ3) is 9.93. The van der Waals surface area contributed by atoms with Gasteiger partial charge in [0.1, 0.15) is 0 Å². The molecule has 0 spiro atoms. The van der Waals surface area contributed by atoms with Crippen molar-refractivity contribution in [3.8, 4) is 0 Å². The lowest BCUT2D eigenvalue weighted by molar-refractivity contribution is -0.141. The summed E-state index contributed by atoms with van der Waals surface area (Å²) in [6.07, 6.45) is 3.83. The molecule has 0 aromatic heterocycles. The van der Waals surface area contributed by atoms with Crippen molar-refractivity contribution in [2.45, 2.75) is 52.1 Å². The zero-order chi connectivity index (χ0) is 12.2. The Morgan fingerprint density at radius 3 is 2.38 bits per heavy atom. The van der Waals surface area contributed by atoms with Crippen LogP contribution < -0.4 is 0 Å². The Balaban J connectivity index is 3.67. The number of aliphatic carboxylic acids is 1. The highest BCUT2D eigenvalue weighted by Crippen LogP contribution is 2.03. The second-order valence-corrected chi connectivity index (χ2v) is 3.87. The van der Waals surface area contributed by atoms with Gasteiger partial charge in [0.25, 0.3) is 0 Å². The van der Waals surface area contributed by atoms with Crippen LogP contribution in [0.2, 0.25) is 0 Å². The molecular formula is C12H24O4. The van der Waals surface area contributed by atoms with Crippen molar-refractivity contribution in [2.24, 2.45) is 0 Å². The van der Waals surface area contributed by atoms with Gasteiger partial charge in [-0.3, -0.25) is 4.79 Å². The number of carboxylic acids is 1. The molecule has 0 heterocycles. The van der Waals surface area contributed by atoms with E-state index < -0.39 is 5.97 Å². The average Bonchev–Trinajstić information content (AvgIpc) is 2.23. The van der Waals surface area contributed by atoms with Crippen LogP contribution in [0, 0.1) is 0 Å². The van der Waals surface area contributed by atoms with Crippen LogP contribution in [0.3, 0.4) is 0 Å². The maximum Gasteiger partial charge on any atom is 0.306 e. The molecule has 0 aliphatic carbocycles. The van der Waals surface area contributed by atoms with E-state index in [0.717, 1.165) is 25.7 Å². The van der Waals surface area contributed by atoms with E-state index in [0.29, 0.717) is 19.8 Å². The molecule has 4 nitrogen and oxygen atoms in total. The smallest absolute Gasteiger partial charge is 0.306 e. The van der Waals surface area contributed by atoms with Gasteiger partial charge in [-0.15, -0.1) is 0 Å². The first-order chi connectivity index (χ1) is 7.70. The SMILES string of the molecule is CCCCOCC(CC(=O)O)OCCCC. The molecule has 0 saturated heterocycles. The minimum atomic E-state index is -0.833. The number of hydrogen-bond donors (Lipinski definition) is 1. The maximum atomic E-state index is 10.6. The van der Waals surface area contributed by atoms with E-state index in [4.69, 9.17) is 14.6 Å². The molecule has 0 amide bonds. The molecule has 1 unspecified atom stereocenters. The van der Waals surface area contributed by atoms with Crippen molar-refractivity contribution < 1.29 is 19.4 Å². The van der Waals surface area contributed by atoms with Crippen molar-refractivity contribution in [3.63, 3.8) is 0 Å². The molecule has 4 heteroatoms. The number of carboxylic acid groups (broad SMARTS) is 1. The Kier molecular flexibility index (Phi) is 10.5. The fourth-order valence-electron chi connectivity index (χ4n) is 1.22. The number of ether oxygens (including phenoxy) is 2. The maximum absolute atomic E-state index is 10.6. The quantitative estimate of drug-likeness (QED) is 0.556.